The Morgan fingerprint density at radius 1 is 1.00 bits per heavy atom. The van der Waals surface area contributed by atoms with E-state index < -0.39 is 29.5 Å². The minimum atomic E-state index is -0.746. The molecule has 0 spiro atoms. The average Bonchev–Trinajstić information content (AvgIpc) is 3.73. The third-order valence-corrected chi connectivity index (χ3v) is 10.5. The molecule has 45 heavy (non-hydrogen) atoms. The number of hydrogen-bond acceptors (Lipinski definition) is 5. The number of carbonyl (C=O) groups excluding carboxylic acids is 3. The Bertz CT molecular complexity index is 1330. The van der Waals surface area contributed by atoms with Crippen molar-refractivity contribution in [3.63, 3.8) is 0 Å². The van der Waals surface area contributed by atoms with Crippen LogP contribution in [0, 0.1) is 23.0 Å². The highest BCUT2D eigenvalue weighted by Crippen LogP contribution is 2.42. The minimum absolute atomic E-state index is 0.00565. The van der Waals surface area contributed by atoms with Crippen molar-refractivity contribution in [1.29, 1.82) is 0 Å². The molecule has 10 heteroatoms. The maximum atomic E-state index is 15.2. The van der Waals surface area contributed by atoms with E-state index in [4.69, 9.17) is 4.74 Å². The van der Waals surface area contributed by atoms with Gasteiger partial charge < -0.3 is 19.4 Å². The molecule has 1 aromatic rings. The molecule has 248 valence electrons. The molecule has 3 heterocycles. The first-order valence-corrected chi connectivity index (χ1v) is 16.4. The summed E-state index contributed by atoms with van der Waals surface area (Å²) in [6.45, 7) is 12.4. The van der Waals surface area contributed by atoms with Gasteiger partial charge in [0.15, 0.2) is 0 Å². The lowest BCUT2D eigenvalue weighted by Crippen LogP contribution is -2.51. The van der Waals surface area contributed by atoms with Crippen molar-refractivity contribution < 1.29 is 27.9 Å². The molecular formula is C35H50F2N4O4. The molecule has 3 amide bonds. The smallest absolute Gasteiger partial charge is 0.252 e. The summed E-state index contributed by atoms with van der Waals surface area (Å²) in [5.74, 6) is -2.96. The summed E-state index contributed by atoms with van der Waals surface area (Å²) in [5, 5.41) is 0. The zero-order valence-electron chi connectivity index (χ0n) is 27.9. The third-order valence-electron chi connectivity index (χ3n) is 10.5. The molecule has 4 atom stereocenters. The second kappa shape index (κ2) is 12.7. The van der Waals surface area contributed by atoms with Crippen LogP contribution in [-0.4, -0.2) is 108 Å². The summed E-state index contributed by atoms with van der Waals surface area (Å²) in [7, 11) is 3.36. The standard InChI is InChI=1S/C35H50F2N4O4/c1-34(2,3)39-19-27(26-9-8-23(36)16-29(26)37)28(20-39)32(43)40-18-25(17-30(40)33(44)38(6)7)41(31(42)22-12-15-45-21-22)24-10-13-35(4,5)14-11-24/h8-9,12,16,24-25,27-28,30H,10-11,13-15,17-21H2,1-7H3/t25-,27-,28+,30-/m0/s1. The van der Waals surface area contributed by atoms with Gasteiger partial charge >= 0.3 is 0 Å². The van der Waals surface area contributed by atoms with E-state index >= 15 is 4.39 Å². The van der Waals surface area contributed by atoms with E-state index in [1.54, 1.807) is 19.0 Å². The number of carbonyl (C=O) groups is 3. The van der Waals surface area contributed by atoms with Crippen molar-refractivity contribution in [3.8, 4) is 0 Å². The predicted molar refractivity (Wildman–Crippen MR) is 168 cm³/mol. The fourth-order valence-corrected chi connectivity index (χ4v) is 7.72. The van der Waals surface area contributed by atoms with Gasteiger partial charge in [-0.3, -0.25) is 19.3 Å². The van der Waals surface area contributed by atoms with Crippen molar-refractivity contribution in [3.05, 3.63) is 47.0 Å². The first-order chi connectivity index (χ1) is 21.1. The zero-order valence-corrected chi connectivity index (χ0v) is 27.9. The van der Waals surface area contributed by atoms with Crippen molar-refractivity contribution in [1.82, 2.24) is 19.6 Å². The van der Waals surface area contributed by atoms with Gasteiger partial charge in [0.1, 0.15) is 17.7 Å². The molecule has 4 aliphatic rings. The molecule has 1 saturated carbocycles. The molecule has 0 aromatic heterocycles. The van der Waals surface area contributed by atoms with E-state index in [9.17, 15) is 18.8 Å². The molecule has 2 saturated heterocycles. The van der Waals surface area contributed by atoms with E-state index in [1.807, 2.05) is 11.0 Å². The number of nitrogens with zero attached hydrogens (tertiary/aromatic N) is 4. The number of ether oxygens (including phenoxy) is 1. The molecule has 0 radical (unpaired) electrons. The van der Waals surface area contributed by atoms with Gasteiger partial charge in [-0.05, 0) is 76.0 Å². The molecular weight excluding hydrogens is 578 g/mol. The second-order valence-electron chi connectivity index (χ2n) is 15.4. The van der Waals surface area contributed by atoms with E-state index in [2.05, 4.69) is 39.5 Å². The summed E-state index contributed by atoms with van der Waals surface area (Å²) in [4.78, 5) is 49.7. The van der Waals surface area contributed by atoms with Gasteiger partial charge in [0, 0.05) is 62.9 Å². The number of likely N-dealkylation sites (tertiary alicyclic amines) is 2. The number of amides is 3. The van der Waals surface area contributed by atoms with Gasteiger partial charge in [-0.1, -0.05) is 19.9 Å². The zero-order chi connectivity index (χ0) is 32.8. The van der Waals surface area contributed by atoms with Crippen molar-refractivity contribution >= 4 is 17.7 Å². The molecule has 5 rings (SSSR count). The van der Waals surface area contributed by atoms with Crippen LogP contribution in [0.15, 0.2) is 29.8 Å². The normalized spacial score (nSPS) is 27.5. The van der Waals surface area contributed by atoms with Gasteiger partial charge in [0.05, 0.1) is 25.2 Å². The maximum absolute atomic E-state index is 15.2. The summed E-state index contributed by atoms with van der Waals surface area (Å²) >= 11 is 0. The molecule has 0 unspecified atom stereocenters. The average molecular weight is 629 g/mol. The van der Waals surface area contributed by atoms with Crippen LogP contribution in [0.3, 0.4) is 0 Å². The fraction of sp³-hybridized carbons (Fsp3) is 0.686. The van der Waals surface area contributed by atoms with Crippen molar-refractivity contribution in [2.75, 3.05) is 46.9 Å². The van der Waals surface area contributed by atoms with Crippen LogP contribution in [0.4, 0.5) is 8.78 Å². The maximum Gasteiger partial charge on any atom is 0.252 e. The first kappa shape index (κ1) is 33.5. The predicted octanol–water partition coefficient (Wildman–Crippen LogP) is 4.59. The second-order valence-corrected chi connectivity index (χ2v) is 15.4. The van der Waals surface area contributed by atoms with Crippen LogP contribution < -0.4 is 0 Å². The molecule has 3 fully saturated rings. The topological polar surface area (TPSA) is 73.4 Å². The van der Waals surface area contributed by atoms with Gasteiger partial charge in [-0.2, -0.15) is 0 Å². The number of hydrogen-bond donors (Lipinski definition) is 0. The van der Waals surface area contributed by atoms with Gasteiger partial charge in [-0.15, -0.1) is 0 Å². The Hall–Kier alpha value is -2.85. The highest BCUT2D eigenvalue weighted by molar-refractivity contribution is 5.95. The highest BCUT2D eigenvalue weighted by atomic mass is 19.1. The number of halogens is 2. The monoisotopic (exact) mass is 628 g/mol. The summed E-state index contributed by atoms with van der Waals surface area (Å²) in [5.41, 5.74) is 0.852. The Morgan fingerprint density at radius 2 is 1.69 bits per heavy atom. The highest BCUT2D eigenvalue weighted by Gasteiger charge is 2.51. The molecule has 1 aliphatic carbocycles. The summed E-state index contributed by atoms with van der Waals surface area (Å²) in [6.07, 6.45) is 5.87. The van der Waals surface area contributed by atoms with Crippen LogP contribution in [0.25, 0.3) is 0 Å². The molecule has 0 N–H and O–H groups in total. The van der Waals surface area contributed by atoms with Crippen molar-refractivity contribution in [2.45, 2.75) is 96.3 Å². The van der Waals surface area contributed by atoms with Gasteiger partial charge in [0.2, 0.25) is 11.8 Å². The van der Waals surface area contributed by atoms with E-state index in [-0.39, 0.29) is 53.9 Å². The molecule has 1 aromatic carbocycles. The van der Waals surface area contributed by atoms with E-state index in [0.29, 0.717) is 37.3 Å². The van der Waals surface area contributed by atoms with Crippen LogP contribution in [0.1, 0.15) is 78.2 Å². The van der Waals surface area contributed by atoms with Gasteiger partial charge in [-0.25, -0.2) is 8.78 Å². The Morgan fingerprint density at radius 3 is 2.27 bits per heavy atom. The van der Waals surface area contributed by atoms with Crippen LogP contribution in [0.2, 0.25) is 0 Å². The van der Waals surface area contributed by atoms with Gasteiger partial charge in [0.25, 0.3) is 5.91 Å². The largest absolute Gasteiger partial charge is 0.372 e. The minimum Gasteiger partial charge on any atom is -0.372 e. The molecule has 0 bridgehead atoms. The van der Waals surface area contributed by atoms with Crippen molar-refractivity contribution in [2.24, 2.45) is 11.3 Å². The summed E-state index contributed by atoms with van der Waals surface area (Å²) in [6, 6.07) is 2.47. The molecule has 8 nitrogen and oxygen atoms in total. The lowest BCUT2D eigenvalue weighted by atomic mass is 9.75. The number of rotatable bonds is 6. The van der Waals surface area contributed by atoms with E-state index in [0.717, 1.165) is 31.7 Å². The third kappa shape index (κ3) is 6.97. The first-order valence-electron chi connectivity index (χ1n) is 16.4. The van der Waals surface area contributed by atoms with Crippen LogP contribution in [-0.2, 0) is 19.1 Å². The Balaban J connectivity index is 1.49. The molecule has 3 aliphatic heterocycles. The quantitative estimate of drug-likeness (QED) is 0.461. The number of benzene rings is 1. The Kier molecular flexibility index (Phi) is 9.49. The summed E-state index contributed by atoms with van der Waals surface area (Å²) < 4.78 is 34.6. The fourth-order valence-electron chi connectivity index (χ4n) is 7.72. The van der Waals surface area contributed by atoms with Crippen LogP contribution >= 0.6 is 0 Å². The lowest BCUT2D eigenvalue weighted by molar-refractivity contribution is -0.145. The Labute approximate surface area is 266 Å². The SMILES string of the molecule is CN(C)C(=O)[C@@H]1C[C@H](N(C(=O)C2=CCOC2)C2CCC(C)(C)CC2)CN1C(=O)[C@@H]1CN(C(C)(C)C)C[C@H]1c1ccc(F)cc1F. The lowest BCUT2D eigenvalue weighted by Gasteiger charge is -2.43. The number of likely N-dealkylation sites (N-methyl/N-ethyl adjacent to an activating group) is 1. The van der Waals surface area contributed by atoms with Crippen LogP contribution in [0.5, 0.6) is 0 Å². The van der Waals surface area contributed by atoms with E-state index in [1.165, 1.54) is 17.0 Å².